The molecule has 0 unspecified atom stereocenters. The maximum atomic E-state index is 2.41. The summed E-state index contributed by atoms with van der Waals surface area (Å²) in [6.07, 6.45) is 9.53. The van der Waals surface area contributed by atoms with E-state index in [0.717, 1.165) is 5.92 Å². The Balaban J connectivity index is 2.18. The van der Waals surface area contributed by atoms with E-state index in [1.54, 1.807) is 0 Å². The fourth-order valence-corrected chi connectivity index (χ4v) is 2.60. The molecule has 0 N–H and O–H groups in total. The van der Waals surface area contributed by atoms with E-state index in [9.17, 15) is 0 Å². The van der Waals surface area contributed by atoms with E-state index in [2.05, 4.69) is 20.1 Å². The van der Waals surface area contributed by atoms with Gasteiger partial charge in [-0.2, -0.15) is 11.8 Å². The minimum Gasteiger partial charge on any atom is -0.165 e. The van der Waals surface area contributed by atoms with Gasteiger partial charge in [0.2, 0.25) is 0 Å². The van der Waals surface area contributed by atoms with Crippen molar-refractivity contribution in [3.63, 3.8) is 0 Å². The molecule has 0 amide bonds. The van der Waals surface area contributed by atoms with Crippen molar-refractivity contribution in [1.29, 1.82) is 0 Å². The van der Waals surface area contributed by atoms with Crippen molar-refractivity contribution in [1.82, 2.24) is 0 Å². The van der Waals surface area contributed by atoms with E-state index in [-0.39, 0.29) is 0 Å². The van der Waals surface area contributed by atoms with Crippen LogP contribution in [0.2, 0.25) is 0 Å². The van der Waals surface area contributed by atoms with Crippen molar-refractivity contribution < 1.29 is 0 Å². The largest absolute Gasteiger partial charge is 0.165 e. The van der Waals surface area contributed by atoms with E-state index in [1.807, 2.05) is 11.8 Å². The van der Waals surface area contributed by atoms with Crippen molar-refractivity contribution in [2.75, 3.05) is 12.0 Å². The Morgan fingerprint density at radius 1 is 1.25 bits per heavy atom. The molecule has 0 bridgehead atoms. The maximum Gasteiger partial charge on any atom is -0.00677 e. The molecule has 12 heavy (non-hydrogen) atoms. The molecule has 0 aromatic rings. The second-order valence-electron chi connectivity index (χ2n) is 4.89. The van der Waals surface area contributed by atoms with Gasteiger partial charge in [-0.15, -0.1) is 0 Å². The minimum absolute atomic E-state index is 0.649. The van der Waals surface area contributed by atoms with Gasteiger partial charge in [-0.1, -0.05) is 13.8 Å². The summed E-state index contributed by atoms with van der Waals surface area (Å²) >= 11 is 2.00. The zero-order chi connectivity index (χ0) is 9.03. The predicted octanol–water partition coefficient (Wildman–Crippen LogP) is 3.96. The molecular weight excluding hydrogens is 164 g/mol. The standard InChI is InChI=1S/C11H22S/c1-11(2)7-4-10(5-8-11)6-9-12-3/h10H,4-9H2,1-3H3. The normalized spacial score (nSPS) is 24.2. The number of hydrogen-bond donors (Lipinski definition) is 0. The summed E-state index contributed by atoms with van der Waals surface area (Å²) in [6, 6.07) is 0. The lowest BCUT2D eigenvalue weighted by Crippen LogP contribution is -2.21. The molecule has 0 nitrogen and oxygen atoms in total. The van der Waals surface area contributed by atoms with Crippen molar-refractivity contribution >= 4 is 11.8 Å². The summed E-state index contributed by atoms with van der Waals surface area (Å²) < 4.78 is 0. The topological polar surface area (TPSA) is 0 Å². The molecule has 1 aliphatic rings. The van der Waals surface area contributed by atoms with Crippen LogP contribution >= 0.6 is 11.8 Å². The van der Waals surface area contributed by atoms with Crippen molar-refractivity contribution in [3.05, 3.63) is 0 Å². The van der Waals surface area contributed by atoms with Crippen LogP contribution in [0.4, 0.5) is 0 Å². The van der Waals surface area contributed by atoms with E-state index >= 15 is 0 Å². The Labute approximate surface area is 81.5 Å². The molecule has 0 heterocycles. The molecule has 0 spiro atoms. The van der Waals surface area contributed by atoms with Crippen LogP contribution in [0, 0.1) is 11.3 Å². The molecule has 0 atom stereocenters. The highest BCUT2D eigenvalue weighted by atomic mass is 32.2. The Kier molecular flexibility index (Phi) is 3.95. The molecule has 1 heteroatoms. The summed E-state index contributed by atoms with van der Waals surface area (Å²) in [5, 5.41) is 0. The Morgan fingerprint density at radius 3 is 2.33 bits per heavy atom. The number of thioether (sulfide) groups is 1. The summed E-state index contributed by atoms with van der Waals surface area (Å²) in [6.45, 7) is 4.83. The summed E-state index contributed by atoms with van der Waals surface area (Å²) in [5.41, 5.74) is 0.649. The molecule has 72 valence electrons. The summed E-state index contributed by atoms with van der Waals surface area (Å²) in [7, 11) is 0. The first kappa shape index (κ1) is 10.4. The van der Waals surface area contributed by atoms with E-state index in [1.165, 1.54) is 37.9 Å². The molecule has 1 aliphatic carbocycles. The van der Waals surface area contributed by atoms with Crippen molar-refractivity contribution in [2.45, 2.75) is 46.0 Å². The molecule has 0 aromatic heterocycles. The third-order valence-corrected chi connectivity index (χ3v) is 3.83. The van der Waals surface area contributed by atoms with Crippen LogP contribution in [0.15, 0.2) is 0 Å². The SMILES string of the molecule is CSCCC1CCC(C)(C)CC1. The van der Waals surface area contributed by atoms with Gasteiger partial charge in [0.1, 0.15) is 0 Å². The zero-order valence-corrected chi connectivity index (χ0v) is 9.54. The molecule has 1 fully saturated rings. The van der Waals surface area contributed by atoms with Crippen LogP contribution in [0.3, 0.4) is 0 Å². The molecular formula is C11H22S. The van der Waals surface area contributed by atoms with Gasteiger partial charge in [-0.25, -0.2) is 0 Å². The van der Waals surface area contributed by atoms with Gasteiger partial charge in [-0.3, -0.25) is 0 Å². The zero-order valence-electron chi connectivity index (χ0n) is 8.73. The summed E-state index contributed by atoms with van der Waals surface area (Å²) in [5.74, 6) is 2.41. The molecule has 0 aliphatic heterocycles. The number of rotatable bonds is 3. The average Bonchev–Trinajstić information content (AvgIpc) is 2.03. The van der Waals surface area contributed by atoms with Crippen LogP contribution < -0.4 is 0 Å². The van der Waals surface area contributed by atoms with Gasteiger partial charge in [-0.05, 0) is 55.4 Å². The van der Waals surface area contributed by atoms with Gasteiger partial charge in [0.25, 0.3) is 0 Å². The molecule has 1 rings (SSSR count). The van der Waals surface area contributed by atoms with Crippen molar-refractivity contribution in [3.8, 4) is 0 Å². The van der Waals surface area contributed by atoms with E-state index in [4.69, 9.17) is 0 Å². The van der Waals surface area contributed by atoms with E-state index in [0.29, 0.717) is 5.41 Å². The van der Waals surface area contributed by atoms with E-state index < -0.39 is 0 Å². The van der Waals surface area contributed by atoms with Gasteiger partial charge < -0.3 is 0 Å². The maximum absolute atomic E-state index is 2.41. The highest BCUT2D eigenvalue weighted by Crippen LogP contribution is 2.39. The first-order valence-corrected chi connectivity index (χ1v) is 6.52. The van der Waals surface area contributed by atoms with Crippen LogP contribution in [0.1, 0.15) is 46.0 Å². The average molecular weight is 186 g/mol. The molecule has 1 saturated carbocycles. The lowest BCUT2D eigenvalue weighted by molar-refractivity contribution is 0.189. The minimum atomic E-state index is 0.649. The smallest absolute Gasteiger partial charge is 0.00677 e. The first-order valence-electron chi connectivity index (χ1n) is 5.13. The van der Waals surface area contributed by atoms with Crippen LogP contribution in [-0.4, -0.2) is 12.0 Å². The molecule has 0 saturated heterocycles. The number of hydrogen-bond acceptors (Lipinski definition) is 1. The predicted molar refractivity (Wildman–Crippen MR) is 58.7 cm³/mol. The van der Waals surface area contributed by atoms with Crippen LogP contribution in [0.5, 0.6) is 0 Å². The second kappa shape index (κ2) is 4.55. The fourth-order valence-electron chi connectivity index (χ4n) is 2.03. The monoisotopic (exact) mass is 186 g/mol. The van der Waals surface area contributed by atoms with Crippen LogP contribution in [-0.2, 0) is 0 Å². The second-order valence-corrected chi connectivity index (χ2v) is 5.87. The Hall–Kier alpha value is 0.350. The van der Waals surface area contributed by atoms with Crippen molar-refractivity contribution in [2.24, 2.45) is 11.3 Å². The third-order valence-electron chi connectivity index (χ3n) is 3.19. The fraction of sp³-hybridized carbons (Fsp3) is 1.00. The third kappa shape index (κ3) is 3.38. The molecule has 0 radical (unpaired) electrons. The summed E-state index contributed by atoms with van der Waals surface area (Å²) in [4.78, 5) is 0. The highest BCUT2D eigenvalue weighted by Gasteiger charge is 2.26. The Morgan fingerprint density at radius 2 is 1.83 bits per heavy atom. The Bertz CT molecular complexity index is 119. The van der Waals surface area contributed by atoms with Gasteiger partial charge >= 0.3 is 0 Å². The van der Waals surface area contributed by atoms with Crippen LogP contribution in [0.25, 0.3) is 0 Å². The lowest BCUT2D eigenvalue weighted by atomic mass is 9.72. The van der Waals surface area contributed by atoms with Gasteiger partial charge in [0.15, 0.2) is 0 Å². The van der Waals surface area contributed by atoms with Gasteiger partial charge in [0, 0.05) is 0 Å². The van der Waals surface area contributed by atoms with Gasteiger partial charge in [0.05, 0.1) is 0 Å². The quantitative estimate of drug-likeness (QED) is 0.643. The lowest BCUT2D eigenvalue weighted by Gasteiger charge is -2.34. The highest BCUT2D eigenvalue weighted by molar-refractivity contribution is 7.98. The first-order chi connectivity index (χ1) is 5.64. The molecule has 0 aromatic carbocycles.